The van der Waals surface area contributed by atoms with E-state index in [9.17, 15) is 18.4 Å². The number of carbonyl (C=O) groups excluding carboxylic acids is 2. The predicted molar refractivity (Wildman–Crippen MR) is 73.9 cm³/mol. The molecule has 116 valence electrons. The topological polar surface area (TPSA) is 83.4 Å². The molecule has 0 saturated carbocycles. The standard InChI is InChI=1S/C14H13F2N3O3/c15-9-4-10(16)6-11(5-9)17-8-13(20)19-14(21)18-7-12-2-1-3-22-12/h1-6,17H,7-8H2,(H2,18,19,20,21). The van der Waals surface area contributed by atoms with Gasteiger partial charge in [-0.1, -0.05) is 0 Å². The Kier molecular flexibility index (Phi) is 5.07. The maximum atomic E-state index is 12.9. The Balaban J connectivity index is 1.74. The Morgan fingerprint density at radius 3 is 2.50 bits per heavy atom. The Labute approximate surface area is 124 Å². The van der Waals surface area contributed by atoms with Crippen molar-refractivity contribution >= 4 is 17.6 Å². The number of carbonyl (C=O) groups is 2. The molecule has 3 amide bonds. The summed E-state index contributed by atoms with van der Waals surface area (Å²) < 4.78 is 30.9. The first-order chi connectivity index (χ1) is 10.5. The fraction of sp³-hybridized carbons (Fsp3) is 0.143. The van der Waals surface area contributed by atoms with E-state index >= 15 is 0 Å². The van der Waals surface area contributed by atoms with Crippen molar-refractivity contribution in [1.82, 2.24) is 10.6 Å². The quantitative estimate of drug-likeness (QED) is 0.789. The van der Waals surface area contributed by atoms with Crippen molar-refractivity contribution in [3.8, 4) is 0 Å². The van der Waals surface area contributed by atoms with Crippen molar-refractivity contribution in [3.63, 3.8) is 0 Å². The van der Waals surface area contributed by atoms with Gasteiger partial charge in [-0.15, -0.1) is 0 Å². The fourth-order valence-corrected chi connectivity index (χ4v) is 1.63. The molecule has 22 heavy (non-hydrogen) atoms. The summed E-state index contributed by atoms with van der Waals surface area (Å²) in [5.74, 6) is -1.64. The van der Waals surface area contributed by atoms with E-state index in [-0.39, 0.29) is 18.8 Å². The number of rotatable bonds is 5. The molecule has 2 rings (SSSR count). The molecule has 3 N–H and O–H groups in total. The number of amides is 3. The highest BCUT2D eigenvalue weighted by Gasteiger charge is 2.08. The molecule has 0 atom stereocenters. The van der Waals surface area contributed by atoms with Crippen molar-refractivity contribution in [2.24, 2.45) is 0 Å². The molecule has 0 aliphatic carbocycles. The fourth-order valence-electron chi connectivity index (χ4n) is 1.63. The van der Waals surface area contributed by atoms with Crippen LogP contribution in [0, 0.1) is 11.6 Å². The van der Waals surface area contributed by atoms with Crippen molar-refractivity contribution in [1.29, 1.82) is 0 Å². The van der Waals surface area contributed by atoms with Gasteiger partial charge in [0.05, 0.1) is 19.4 Å². The molecule has 0 radical (unpaired) electrons. The van der Waals surface area contributed by atoms with Crippen LogP contribution >= 0.6 is 0 Å². The summed E-state index contributed by atoms with van der Waals surface area (Å²) in [6, 6.07) is 5.42. The summed E-state index contributed by atoms with van der Waals surface area (Å²) in [5.41, 5.74) is 0.101. The van der Waals surface area contributed by atoms with Crippen LogP contribution in [-0.2, 0) is 11.3 Å². The minimum absolute atomic E-state index is 0.101. The van der Waals surface area contributed by atoms with Crippen LogP contribution in [0.3, 0.4) is 0 Å². The van der Waals surface area contributed by atoms with Gasteiger partial charge < -0.3 is 15.1 Å². The van der Waals surface area contributed by atoms with E-state index in [0.717, 1.165) is 12.1 Å². The predicted octanol–water partition coefficient (Wildman–Crippen LogP) is 2.00. The monoisotopic (exact) mass is 309 g/mol. The highest BCUT2D eigenvalue weighted by atomic mass is 19.1. The Hall–Kier alpha value is -2.90. The van der Waals surface area contributed by atoms with E-state index in [1.54, 1.807) is 12.1 Å². The molecule has 0 fully saturated rings. The van der Waals surface area contributed by atoms with Crippen molar-refractivity contribution < 1.29 is 22.8 Å². The summed E-state index contributed by atoms with van der Waals surface area (Å²) in [4.78, 5) is 22.9. The summed E-state index contributed by atoms with van der Waals surface area (Å²) in [6.45, 7) is -0.175. The van der Waals surface area contributed by atoms with Crippen molar-refractivity contribution in [2.75, 3.05) is 11.9 Å². The van der Waals surface area contributed by atoms with Gasteiger partial charge >= 0.3 is 6.03 Å². The zero-order valence-corrected chi connectivity index (χ0v) is 11.4. The largest absolute Gasteiger partial charge is 0.467 e. The lowest BCUT2D eigenvalue weighted by Crippen LogP contribution is -2.41. The molecule has 1 aromatic heterocycles. The van der Waals surface area contributed by atoms with Crippen LogP contribution in [0.25, 0.3) is 0 Å². The van der Waals surface area contributed by atoms with E-state index < -0.39 is 23.6 Å². The van der Waals surface area contributed by atoms with Crippen molar-refractivity contribution in [3.05, 3.63) is 54.0 Å². The van der Waals surface area contributed by atoms with Gasteiger partial charge in [0.2, 0.25) is 5.91 Å². The van der Waals surface area contributed by atoms with Crippen LogP contribution in [-0.4, -0.2) is 18.5 Å². The molecule has 6 nitrogen and oxygen atoms in total. The lowest BCUT2D eigenvalue weighted by molar-refractivity contribution is -0.118. The van der Waals surface area contributed by atoms with Gasteiger partial charge in [0.1, 0.15) is 17.4 Å². The molecular formula is C14H13F2N3O3. The molecule has 0 spiro atoms. The Bertz CT molecular complexity index is 639. The van der Waals surface area contributed by atoms with Gasteiger partial charge in [-0.2, -0.15) is 0 Å². The van der Waals surface area contributed by atoms with Gasteiger partial charge in [0.25, 0.3) is 0 Å². The summed E-state index contributed by atoms with van der Waals surface area (Å²) in [6.07, 6.45) is 1.46. The molecule has 0 aliphatic heterocycles. The zero-order valence-electron chi connectivity index (χ0n) is 11.4. The maximum absolute atomic E-state index is 12.9. The molecule has 0 bridgehead atoms. The summed E-state index contributed by atoms with van der Waals surface area (Å²) in [7, 11) is 0. The first kappa shape index (κ1) is 15.5. The smallest absolute Gasteiger partial charge is 0.321 e. The number of halogens is 2. The van der Waals surface area contributed by atoms with E-state index in [1.807, 2.05) is 0 Å². The first-order valence-electron chi connectivity index (χ1n) is 6.33. The second-order valence-corrected chi connectivity index (χ2v) is 4.32. The molecule has 1 aromatic carbocycles. The van der Waals surface area contributed by atoms with Crippen LogP contribution in [0.1, 0.15) is 5.76 Å². The highest BCUT2D eigenvalue weighted by molar-refractivity contribution is 5.96. The number of urea groups is 1. The number of imide groups is 1. The third-order valence-corrected chi connectivity index (χ3v) is 2.57. The molecule has 8 heteroatoms. The number of furan rings is 1. The van der Waals surface area contributed by atoms with Crippen LogP contribution in [0.5, 0.6) is 0 Å². The Morgan fingerprint density at radius 1 is 1.14 bits per heavy atom. The average Bonchev–Trinajstić information content (AvgIpc) is 2.95. The van der Waals surface area contributed by atoms with Gasteiger partial charge in [0, 0.05) is 11.8 Å². The number of hydrogen-bond donors (Lipinski definition) is 3. The summed E-state index contributed by atoms with van der Waals surface area (Å²) in [5, 5.41) is 6.99. The lowest BCUT2D eigenvalue weighted by atomic mass is 10.3. The number of nitrogens with one attached hydrogen (secondary N) is 3. The van der Waals surface area contributed by atoms with Crippen LogP contribution in [0.15, 0.2) is 41.0 Å². The second-order valence-electron chi connectivity index (χ2n) is 4.32. The van der Waals surface area contributed by atoms with Gasteiger partial charge in [-0.25, -0.2) is 13.6 Å². The van der Waals surface area contributed by atoms with E-state index in [1.165, 1.54) is 6.26 Å². The van der Waals surface area contributed by atoms with Crippen LogP contribution in [0.2, 0.25) is 0 Å². The number of anilines is 1. The SMILES string of the molecule is O=C(CNc1cc(F)cc(F)c1)NC(=O)NCc1ccco1. The first-order valence-corrected chi connectivity index (χ1v) is 6.33. The average molecular weight is 309 g/mol. The van der Waals surface area contributed by atoms with Gasteiger partial charge in [-0.3, -0.25) is 10.1 Å². The third-order valence-electron chi connectivity index (χ3n) is 2.57. The van der Waals surface area contributed by atoms with Crippen LogP contribution < -0.4 is 16.0 Å². The second kappa shape index (κ2) is 7.21. The molecule has 0 aliphatic rings. The van der Waals surface area contributed by atoms with Crippen LogP contribution in [0.4, 0.5) is 19.3 Å². The van der Waals surface area contributed by atoms with E-state index in [0.29, 0.717) is 11.8 Å². The lowest BCUT2D eigenvalue weighted by Gasteiger charge is -2.08. The molecule has 0 unspecified atom stereocenters. The van der Waals surface area contributed by atoms with Crippen molar-refractivity contribution in [2.45, 2.75) is 6.54 Å². The van der Waals surface area contributed by atoms with E-state index in [2.05, 4.69) is 16.0 Å². The minimum atomic E-state index is -0.765. The number of hydrogen-bond acceptors (Lipinski definition) is 4. The third kappa shape index (κ3) is 4.89. The number of benzene rings is 1. The molecule has 0 saturated heterocycles. The Morgan fingerprint density at radius 2 is 1.86 bits per heavy atom. The van der Waals surface area contributed by atoms with Gasteiger partial charge in [0.15, 0.2) is 0 Å². The zero-order chi connectivity index (χ0) is 15.9. The van der Waals surface area contributed by atoms with E-state index in [4.69, 9.17) is 4.42 Å². The minimum Gasteiger partial charge on any atom is -0.467 e. The maximum Gasteiger partial charge on any atom is 0.321 e. The normalized spacial score (nSPS) is 10.1. The summed E-state index contributed by atoms with van der Waals surface area (Å²) >= 11 is 0. The van der Waals surface area contributed by atoms with Gasteiger partial charge in [-0.05, 0) is 24.3 Å². The molecular weight excluding hydrogens is 296 g/mol. The highest BCUT2D eigenvalue weighted by Crippen LogP contribution is 2.12. The molecule has 2 aromatic rings. The molecule has 1 heterocycles.